The van der Waals surface area contributed by atoms with E-state index in [4.69, 9.17) is 10.00 Å². The minimum atomic E-state index is -0.264. The summed E-state index contributed by atoms with van der Waals surface area (Å²) >= 11 is 0. The Labute approximate surface area is 104 Å². The minimum absolute atomic E-state index is 0.102. The zero-order valence-corrected chi connectivity index (χ0v) is 11.2. The molecule has 0 aromatic heterocycles. The van der Waals surface area contributed by atoms with Crippen molar-refractivity contribution in [1.82, 2.24) is 0 Å². The van der Waals surface area contributed by atoms with Crippen LogP contribution in [0.2, 0.25) is 0 Å². The normalized spacial score (nSPS) is 12.6. The summed E-state index contributed by atoms with van der Waals surface area (Å²) < 4.78 is 5.42. The number of hydrogen-bond donors (Lipinski definition) is 0. The van der Waals surface area contributed by atoms with Gasteiger partial charge in [-0.3, -0.25) is 4.79 Å². The molecule has 0 heterocycles. The SMILES string of the molecule is C=CCC(OC(C)=O)C(CC)(CC)CCC#N. The summed E-state index contributed by atoms with van der Waals surface area (Å²) in [6.07, 6.45) is 5.32. The van der Waals surface area contributed by atoms with E-state index in [9.17, 15) is 4.79 Å². The smallest absolute Gasteiger partial charge is 0.302 e. The highest BCUT2D eigenvalue weighted by atomic mass is 16.5. The van der Waals surface area contributed by atoms with Crippen molar-refractivity contribution in [1.29, 1.82) is 5.26 Å². The molecule has 0 aromatic rings. The van der Waals surface area contributed by atoms with E-state index in [-0.39, 0.29) is 17.5 Å². The zero-order chi connectivity index (χ0) is 13.3. The quantitative estimate of drug-likeness (QED) is 0.478. The van der Waals surface area contributed by atoms with Crippen LogP contribution in [-0.4, -0.2) is 12.1 Å². The Morgan fingerprint density at radius 2 is 2.12 bits per heavy atom. The van der Waals surface area contributed by atoms with Gasteiger partial charge in [-0.05, 0) is 19.3 Å². The molecule has 0 aliphatic carbocycles. The topological polar surface area (TPSA) is 50.1 Å². The average Bonchev–Trinajstić information content (AvgIpc) is 2.30. The third-order valence-corrected chi connectivity index (χ3v) is 3.51. The van der Waals surface area contributed by atoms with Crippen LogP contribution >= 0.6 is 0 Å². The second-order valence-corrected chi connectivity index (χ2v) is 4.35. The molecule has 17 heavy (non-hydrogen) atoms. The standard InChI is InChI=1S/C14H23NO2/c1-5-9-13(17-12(4)16)14(6-2,7-3)10-8-11-15/h5,13H,1,6-10H2,2-4H3. The maximum absolute atomic E-state index is 11.2. The maximum atomic E-state index is 11.2. The Hall–Kier alpha value is -1.30. The second-order valence-electron chi connectivity index (χ2n) is 4.35. The summed E-state index contributed by atoms with van der Waals surface area (Å²) in [5.41, 5.74) is -0.102. The molecule has 0 fully saturated rings. The number of carbonyl (C=O) groups is 1. The molecule has 3 nitrogen and oxygen atoms in total. The van der Waals surface area contributed by atoms with E-state index in [2.05, 4.69) is 26.5 Å². The van der Waals surface area contributed by atoms with Crippen molar-refractivity contribution in [3.63, 3.8) is 0 Å². The molecule has 1 atom stereocenters. The second kappa shape index (κ2) is 7.89. The zero-order valence-electron chi connectivity index (χ0n) is 11.2. The molecular formula is C14H23NO2. The van der Waals surface area contributed by atoms with Crippen molar-refractivity contribution in [3.8, 4) is 6.07 Å². The fourth-order valence-electron chi connectivity index (χ4n) is 2.30. The molecule has 3 heteroatoms. The molecule has 0 aromatic carbocycles. The van der Waals surface area contributed by atoms with E-state index >= 15 is 0 Å². The minimum Gasteiger partial charge on any atom is -0.462 e. The van der Waals surface area contributed by atoms with Crippen LogP contribution in [0.15, 0.2) is 12.7 Å². The summed E-state index contributed by atoms with van der Waals surface area (Å²) in [4.78, 5) is 11.2. The van der Waals surface area contributed by atoms with Gasteiger partial charge < -0.3 is 4.74 Å². The molecule has 96 valence electrons. The number of esters is 1. The van der Waals surface area contributed by atoms with Gasteiger partial charge in [0.05, 0.1) is 6.07 Å². The monoisotopic (exact) mass is 237 g/mol. The molecule has 0 saturated heterocycles. The number of carbonyl (C=O) groups excluding carboxylic acids is 1. The first-order valence-electron chi connectivity index (χ1n) is 6.21. The van der Waals surface area contributed by atoms with Crippen molar-refractivity contribution in [3.05, 3.63) is 12.7 Å². The van der Waals surface area contributed by atoms with E-state index in [1.807, 2.05) is 0 Å². The summed E-state index contributed by atoms with van der Waals surface area (Å²) in [6.45, 7) is 9.31. The van der Waals surface area contributed by atoms with Crippen molar-refractivity contribution >= 4 is 5.97 Å². The predicted octanol–water partition coefficient (Wildman–Crippen LogP) is 3.60. The Kier molecular flexibility index (Phi) is 7.29. The number of nitriles is 1. The summed E-state index contributed by atoms with van der Waals surface area (Å²) in [5, 5.41) is 8.74. The van der Waals surface area contributed by atoms with E-state index < -0.39 is 0 Å². The van der Waals surface area contributed by atoms with Gasteiger partial charge in [0.25, 0.3) is 0 Å². The van der Waals surface area contributed by atoms with E-state index in [1.165, 1.54) is 6.92 Å². The van der Waals surface area contributed by atoms with Gasteiger partial charge in [0, 0.05) is 25.2 Å². The molecule has 0 aliphatic rings. The first-order valence-corrected chi connectivity index (χ1v) is 6.21. The first kappa shape index (κ1) is 15.7. The van der Waals surface area contributed by atoms with E-state index in [0.29, 0.717) is 12.8 Å². The third-order valence-electron chi connectivity index (χ3n) is 3.51. The maximum Gasteiger partial charge on any atom is 0.302 e. The predicted molar refractivity (Wildman–Crippen MR) is 68.2 cm³/mol. The van der Waals surface area contributed by atoms with Crippen LogP contribution in [0.25, 0.3) is 0 Å². The highest BCUT2D eigenvalue weighted by Crippen LogP contribution is 2.39. The van der Waals surface area contributed by atoms with Crippen molar-refractivity contribution in [2.75, 3.05) is 0 Å². The molecule has 0 spiro atoms. The molecule has 1 unspecified atom stereocenters. The van der Waals surface area contributed by atoms with Gasteiger partial charge in [0.1, 0.15) is 6.10 Å². The fraction of sp³-hybridized carbons (Fsp3) is 0.714. The Bertz CT molecular complexity index is 287. The van der Waals surface area contributed by atoms with Crippen LogP contribution in [-0.2, 0) is 9.53 Å². The molecule has 0 saturated carbocycles. The molecule has 0 bridgehead atoms. The van der Waals surface area contributed by atoms with Crippen LogP contribution in [0.5, 0.6) is 0 Å². The summed E-state index contributed by atoms with van der Waals surface area (Å²) in [7, 11) is 0. The van der Waals surface area contributed by atoms with Gasteiger partial charge in [-0.1, -0.05) is 19.9 Å². The van der Waals surface area contributed by atoms with Crippen LogP contribution in [0.4, 0.5) is 0 Å². The average molecular weight is 237 g/mol. The highest BCUT2D eigenvalue weighted by molar-refractivity contribution is 5.66. The van der Waals surface area contributed by atoms with Gasteiger partial charge in [0.2, 0.25) is 0 Å². The van der Waals surface area contributed by atoms with E-state index in [1.54, 1.807) is 6.08 Å². The fourth-order valence-corrected chi connectivity index (χ4v) is 2.30. The molecule has 0 rings (SSSR count). The van der Waals surface area contributed by atoms with Gasteiger partial charge in [0.15, 0.2) is 0 Å². The lowest BCUT2D eigenvalue weighted by atomic mass is 9.72. The van der Waals surface area contributed by atoms with Gasteiger partial charge in [-0.2, -0.15) is 5.26 Å². The van der Waals surface area contributed by atoms with Crippen molar-refractivity contribution in [2.24, 2.45) is 5.41 Å². The lowest BCUT2D eigenvalue weighted by Gasteiger charge is -2.38. The van der Waals surface area contributed by atoms with Gasteiger partial charge >= 0.3 is 5.97 Å². The van der Waals surface area contributed by atoms with Gasteiger partial charge in [-0.15, -0.1) is 6.58 Å². The van der Waals surface area contributed by atoms with Crippen LogP contribution in [0.3, 0.4) is 0 Å². The molecule has 0 amide bonds. The number of hydrogen-bond acceptors (Lipinski definition) is 3. The molecular weight excluding hydrogens is 214 g/mol. The number of nitrogens with zero attached hydrogens (tertiary/aromatic N) is 1. The number of rotatable bonds is 8. The van der Waals surface area contributed by atoms with Gasteiger partial charge in [-0.25, -0.2) is 0 Å². The summed E-state index contributed by atoms with van der Waals surface area (Å²) in [6, 6.07) is 2.18. The lowest BCUT2D eigenvalue weighted by molar-refractivity contribution is -0.154. The Morgan fingerprint density at radius 1 is 1.53 bits per heavy atom. The van der Waals surface area contributed by atoms with Crippen molar-refractivity contribution < 1.29 is 9.53 Å². The van der Waals surface area contributed by atoms with Crippen LogP contribution < -0.4 is 0 Å². The number of ether oxygens (including phenoxy) is 1. The lowest BCUT2D eigenvalue weighted by Crippen LogP contribution is -2.37. The molecule has 0 radical (unpaired) electrons. The Morgan fingerprint density at radius 3 is 2.47 bits per heavy atom. The highest BCUT2D eigenvalue weighted by Gasteiger charge is 2.36. The largest absolute Gasteiger partial charge is 0.462 e. The van der Waals surface area contributed by atoms with Crippen molar-refractivity contribution in [2.45, 2.75) is 59.0 Å². The van der Waals surface area contributed by atoms with E-state index in [0.717, 1.165) is 19.3 Å². The molecule has 0 aliphatic heterocycles. The molecule has 0 N–H and O–H groups in total. The van der Waals surface area contributed by atoms with Crippen LogP contribution in [0, 0.1) is 16.7 Å². The summed E-state index contributed by atoms with van der Waals surface area (Å²) in [5.74, 6) is -0.264. The Balaban J connectivity index is 4.97. The third kappa shape index (κ3) is 4.60. The first-order chi connectivity index (χ1) is 8.06. The van der Waals surface area contributed by atoms with Crippen LogP contribution in [0.1, 0.15) is 52.9 Å².